The minimum absolute atomic E-state index is 0.337. The van der Waals surface area contributed by atoms with Crippen molar-refractivity contribution >= 4 is 56.8 Å². The minimum Gasteiger partial charge on any atom is -0.312 e. The predicted octanol–water partition coefficient (Wildman–Crippen LogP) is 6.95. The molecular weight excluding hydrogens is 470 g/mol. The van der Waals surface area contributed by atoms with Gasteiger partial charge < -0.3 is 5.32 Å². The quantitative estimate of drug-likeness (QED) is 0.229. The maximum absolute atomic E-state index is 13.2. The normalized spacial score (nSPS) is 11.0. The summed E-state index contributed by atoms with van der Waals surface area (Å²) in [4.78, 5) is 17.2. The summed E-state index contributed by atoms with van der Waals surface area (Å²) in [5, 5.41) is 9.06. The van der Waals surface area contributed by atoms with Gasteiger partial charge >= 0.3 is 0 Å². The van der Waals surface area contributed by atoms with Gasteiger partial charge in [0.1, 0.15) is 16.5 Å². The Balaban J connectivity index is 1.58. The number of thiazole rings is 1. The number of benzene rings is 3. The number of aromatic nitrogens is 1. The van der Waals surface area contributed by atoms with E-state index in [1.807, 2.05) is 30.3 Å². The van der Waals surface area contributed by atoms with Crippen LogP contribution in [-0.4, -0.2) is 17.1 Å². The van der Waals surface area contributed by atoms with Crippen molar-refractivity contribution in [3.8, 4) is 11.3 Å². The lowest BCUT2D eigenvalue weighted by atomic mass is 10.1. The Morgan fingerprint density at radius 2 is 1.78 bits per heavy atom. The van der Waals surface area contributed by atoms with E-state index in [0.717, 1.165) is 5.56 Å². The fraction of sp³-hybridized carbons (Fsp3) is 0. The van der Waals surface area contributed by atoms with E-state index in [4.69, 9.17) is 23.2 Å². The molecule has 0 radical (unpaired) electrons. The summed E-state index contributed by atoms with van der Waals surface area (Å²) in [6.07, 6.45) is 1.55. The Hall–Kier alpha value is -3.26. The number of rotatable bonds is 6. The number of nitrogens with one attached hydrogen (secondary N) is 2. The summed E-state index contributed by atoms with van der Waals surface area (Å²) < 4.78 is 13.2. The molecule has 4 aromatic rings. The summed E-state index contributed by atoms with van der Waals surface area (Å²) >= 11 is 13.3. The fourth-order valence-electron chi connectivity index (χ4n) is 2.78. The zero-order chi connectivity index (χ0) is 22.5. The van der Waals surface area contributed by atoms with Crippen molar-refractivity contribution in [1.29, 1.82) is 0 Å². The number of hydrazone groups is 1. The van der Waals surface area contributed by atoms with Crippen LogP contribution in [-0.2, 0) is 0 Å². The number of carbonyl (C=O) groups excluding carboxylic acids is 1. The highest BCUT2D eigenvalue weighted by molar-refractivity contribution is 7.20. The van der Waals surface area contributed by atoms with E-state index in [0.29, 0.717) is 37.0 Å². The van der Waals surface area contributed by atoms with E-state index < -0.39 is 5.82 Å². The van der Waals surface area contributed by atoms with Crippen LogP contribution in [0.25, 0.3) is 11.3 Å². The molecule has 4 rings (SSSR count). The van der Waals surface area contributed by atoms with Crippen LogP contribution < -0.4 is 10.7 Å². The van der Waals surface area contributed by atoms with Crippen molar-refractivity contribution in [3.05, 3.63) is 99.8 Å². The molecule has 0 spiro atoms. The number of hydrogen-bond donors (Lipinski definition) is 2. The van der Waals surface area contributed by atoms with Crippen molar-refractivity contribution in [2.45, 2.75) is 0 Å². The number of halogens is 3. The third kappa shape index (κ3) is 5.31. The van der Waals surface area contributed by atoms with E-state index in [1.165, 1.54) is 35.6 Å². The van der Waals surface area contributed by atoms with Crippen molar-refractivity contribution in [2.24, 2.45) is 5.10 Å². The van der Waals surface area contributed by atoms with Crippen molar-refractivity contribution in [1.82, 2.24) is 4.98 Å². The number of amides is 1. The molecule has 32 heavy (non-hydrogen) atoms. The van der Waals surface area contributed by atoms with E-state index in [-0.39, 0.29) is 5.91 Å². The summed E-state index contributed by atoms with van der Waals surface area (Å²) in [5.74, 6) is -0.775. The first-order valence-electron chi connectivity index (χ1n) is 9.37. The van der Waals surface area contributed by atoms with Gasteiger partial charge in [0.25, 0.3) is 5.91 Å². The summed E-state index contributed by atoms with van der Waals surface area (Å²) in [6.45, 7) is 0. The van der Waals surface area contributed by atoms with Gasteiger partial charge in [0.2, 0.25) is 5.13 Å². The molecule has 0 saturated heterocycles. The molecule has 0 unspecified atom stereocenters. The van der Waals surface area contributed by atoms with Gasteiger partial charge in [-0.05, 0) is 36.4 Å². The second-order valence-electron chi connectivity index (χ2n) is 6.56. The standard InChI is InChI=1S/C23H15Cl2FN4OS/c24-17-9-6-16(19(25)12-17)13-27-30-23-28-20(14-4-2-1-3-5-14)22(32-23)29-21(31)15-7-10-18(26)11-8-15/h1-13H,(H,28,30)(H,29,31). The average Bonchev–Trinajstić information content (AvgIpc) is 3.18. The lowest BCUT2D eigenvalue weighted by Crippen LogP contribution is -2.11. The zero-order valence-corrected chi connectivity index (χ0v) is 18.7. The molecule has 0 aliphatic carbocycles. The Morgan fingerprint density at radius 1 is 1.03 bits per heavy atom. The SMILES string of the molecule is O=C(Nc1sc(NN=Cc2ccc(Cl)cc2Cl)nc1-c1ccccc1)c1ccc(F)cc1. The summed E-state index contributed by atoms with van der Waals surface area (Å²) in [5.41, 5.74) is 5.32. The van der Waals surface area contributed by atoms with Crippen LogP contribution in [0.3, 0.4) is 0 Å². The first kappa shape index (κ1) is 22.0. The molecule has 0 aliphatic rings. The number of nitrogens with zero attached hydrogens (tertiary/aromatic N) is 2. The van der Waals surface area contributed by atoms with Gasteiger partial charge in [-0.3, -0.25) is 10.2 Å². The fourth-order valence-corrected chi connectivity index (χ4v) is 4.07. The Bertz CT molecular complexity index is 1280. The van der Waals surface area contributed by atoms with Crippen LogP contribution in [0.5, 0.6) is 0 Å². The van der Waals surface area contributed by atoms with Gasteiger partial charge in [-0.25, -0.2) is 9.37 Å². The maximum Gasteiger partial charge on any atom is 0.256 e. The lowest BCUT2D eigenvalue weighted by molar-refractivity contribution is 0.102. The van der Waals surface area contributed by atoms with Gasteiger partial charge in [0, 0.05) is 21.7 Å². The molecule has 9 heteroatoms. The topological polar surface area (TPSA) is 66.4 Å². The van der Waals surface area contributed by atoms with Gasteiger partial charge in [-0.2, -0.15) is 5.10 Å². The van der Waals surface area contributed by atoms with Crippen molar-refractivity contribution in [2.75, 3.05) is 10.7 Å². The smallest absolute Gasteiger partial charge is 0.256 e. The zero-order valence-electron chi connectivity index (χ0n) is 16.4. The minimum atomic E-state index is -0.408. The molecule has 5 nitrogen and oxygen atoms in total. The molecule has 3 aromatic carbocycles. The van der Waals surface area contributed by atoms with Crippen molar-refractivity contribution < 1.29 is 9.18 Å². The molecule has 2 N–H and O–H groups in total. The third-order valence-electron chi connectivity index (χ3n) is 4.33. The van der Waals surface area contributed by atoms with Gasteiger partial charge in [0.05, 0.1) is 11.2 Å². The highest BCUT2D eigenvalue weighted by Gasteiger charge is 2.16. The molecule has 0 aliphatic heterocycles. The highest BCUT2D eigenvalue weighted by Crippen LogP contribution is 2.36. The van der Waals surface area contributed by atoms with Crippen molar-refractivity contribution in [3.63, 3.8) is 0 Å². The van der Waals surface area contributed by atoms with E-state index >= 15 is 0 Å². The average molecular weight is 485 g/mol. The lowest BCUT2D eigenvalue weighted by Gasteiger charge is -2.05. The summed E-state index contributed by atoms with van der Waals surface area (Å²) in [6, 6.07) is 19.9. The molecule has 1 aromatic heterocycles. The molecular formula is C23H15Cl2FN4OS. The van der Waals surface area contributed by atoms with Crippen LogP contribution in [0.4, 0.5) is 14.5 Å². The van der Waals surface area contributed by atoms with Gasteiger partial charge in [0.15, 0.2) is 0 Å². The largest absolute Gasteiger partial charge is 0.312 e. The third-order valence-corrected chi connectivity index (χ3v) is 5.77. The maximum atomic E-state index is 13.2. The van der Waals surface area contributed by atoms with E-state index in [9.17, 15) is 9.18 Å². The number of hydrogen-bond acceptors (Lipinski definition) is 5. The molecule has 1 amide bonds. The highest BCUT2D eigenvalue weighted by atomic mass is 35.5. The second-order valence-corrected chi connectivity index (χ2v) is 8.40. The summed E-state index contributed by atoms with van der Waals surface area (Å²) in [7, 11) is 0. The van der Waals surface area contributed by atoms with Gasteiger partial charge in [-0.15, -0.1) is 0 Å². The molecule has 0 bridgehead atoms. The van der Waals surface area contributed by atoms with E-state index in [2.05, 4.69) is 20.8 Å². The number of anilines is 2. The molecule has 1 heterocycles. The van der Waals surface area contributed by atoms with Crippen LogP contribution in [0.2, 0.25) is 10.0 Å². The predicted molar refractivity (Wildman–Crippen MR) is 130 cm³/mol. The van der Waals surface area contributed by atoms with Crippen LogP contribution >= 0.6 is 34.5 Å². The molecule has 0 fully saturated rings. The van der Waals surface area contributed by atoms with Crippen LogP contribution in [0.1, 0.15) is 15.9 Å². The number of carbonyl (C=O) groups is 1. The molecule has 160 valence electrons. The first-order valence-corrected chi connectivity index (χ1v) is 10.9. The van der Waals surface area contributed by atoms with Gasteiger partial charge in [-0.1, -0.05) is 70.9 Å². The second kappa shape index (κ2) is 9.91. The molecule has 0 saturated carbocycles. The van der Waals surface area contributed by atoms with E-state index in [1.54, 1.807) is 24.4 Å². The molecule has 0 atom stereocenters. The Kier molecular flexibility index (Phi) is 6.80. The first-order chi connectivity index (χ1) is 15.5. The Morgan fingerprint density at radius 3 is 2.50 bits per heavy atom. The Labute approximate surface area is 197 Å². The van der Waals surface area contributed by atoms with Crippen LogP contribution in [0, 0.1) is 5.82 Å². The monoisotopic (exact) mass is 484 g/mol. The van der Waals surface area contributed by atoms with Crippen LogP contribution in [0.15, 0.2) is 77.9 Å².